The third kappa shape index (κ3) is 4.71. The Hall–Kier alpha value is -2.12. The number of hydrogen-bond acceptors (Lipinski definition) is 5. The number of aromatic nitrogens is 1. The molecule has 0 bridgehead atoms. The number of nitrogens with one attached hydrogen (secondary N) is 2. The molecule has 6 nitrogen and oxygen atoms in total. The largest absolute Gasteiger partial charge is 0.497 e. The van der Waals surface area contributed by atoms with Crippen LogP contribution in [0.15, 0.2) is 29.6 Å². The molecule has 1 unspecified atom stereocenters. The molecule has 2 amide bonds. The second-order valence-corrected chi connectivity index (χ2v) is 5.77. The number of nitrogens with zero attached hydrogens (tertiary/aromatic N) is 1. The van der Waals surface area contributed by atoms with Gasteiger partial charge in [0, 0.05) is 11.9 Å². The van der Waals surface area contributed by atoms with Crippen LogP contribution in [0.5, 0.6) is 5.75 Å². The van der Waals surface area contributed by atoms with E-state index < -0.39 is 6.10 Å². The molecule has 1 heterocycles. The molecule has 0 aliphatic rings. The Morgan fingerprint density at radius 1 is 1.36 bits per heavy atom. The SMILES string of the molecule is COc1ccc(C(O)CNC(=O)NCc2csc(C)n2)cc1. The fourth-order valence-corrected chi connectivity index (χ4v) is 2.47. The Labute approximate surface area is 133 Å². The van der Waals surface area contributed by atoms with Crippen molar-refractivity contribution in [2.45, 2.75) is 19.6 Å². The van der Waals surface area contributed by atoms with Crippen molar-refractivity contribution in [1.82, 2.24) is 15.6 Å². The number of aliphatic hydroxyl groups is 1. The molecular formula is C15H19N3O3S. The molecule has 1 aromatic heterocycles. The van der Waals surface area contributed by atoms with Crippen LogP contribution in [-0.4, -0.2) is 29.8 Å². The molecule has 3 N–H and O–H groups in total. The smallest absolute Gasteiger partial charge is 0.315 e. The Morgan fingerprint density at radius 3 is 2.68 bits per heavy atom. The maximum Gasteiger partial charge on any atom is 0.315 e. The third-order valence-electron chi connectivity index (χ3n) is 3.05. The number of carbonyl (C=O) groups is 1. The van der Waals surface area contributed by atoms with Crippen LogP contribution in [0.4, 0.5) is 4.79 Å². The van der Waals surface area contributed by atoms with Gasteiger partial charge in [-0.3, -0.25) is 0 Å². The molecule has 0 fully saturated rings. The summed E-state index contributed by atoms with van der Waals surface area (Å²) in [5.41, 5.74) is 1.55. The predicted octanol–water partition coefficient (Wildman–Crippen LogP) is 1.99. The number of carbonyl (C=O) groups excluding carboxylic acids is 1. The minimum Gasteiger partial charge on any atom is -0.497 e. The maximum absolute atomic E-state index is 11.7. The van der Waals surface area contributed by atoms with E-state index in [2.05, 4.69) is 15.6 Å². The summed E-state index contributed by atoms with van der Waals surface area (Å²) >= 11 is 1.54. The van der Waals surface area contributed by atoms with Crippen LogP contribution in [0.25, 0.3) is 0 Å². The van der Waals surface area contributed by atoms with Gasteiger partial charge in [-0.15, -0.1) is 11.3 Å². The van der Waals surface area contributed by atoms with Crippen molar-refractivity contribution in [3.05, 3.63) is 45.9 Å². The molecule has 0 radical (unpaired) electrons. The van der Waals surface area contributed by atoms with Crippen LogP contribution in [0.2, 0.25) is 0 Å². The van der Waals surface area contributed by atoms with Gasteiger partial charge in [0.25, 0.3) is 0 Å². The first-order chi connectivity index (χ1) is 10.6. The molecule has 0 saturated carbocycles. The van der Waals surface area contributed by atoms with Crippen molar-refractivity contribution < 1.29 is 14.6 Å². The lowest BCUT2D eigenvalue weighted by atomic mass is 10.1. The average molecular weight is 321 g/mol. The van der Waals surface area contributed by atoms with Gasteiger partial charge in [-0.25, -0.2) is 9.78 Å². The molecule has 2 aromatic rings. The molecule has 7 heteroatoms. The number of aliphatic hydroxyl groups excluding tert-OH is 1. The molecule has 22 heavy (non-hydrogen) atoms. The highest BCUT2D eigenvalue weighted by molar-refractivity contribution is 7.09. The Balaban J connectivity index is 1.74. The number of hydrogen-bond donors (Lipinski definition) is 3. The first kappa shape index (κ1) is 16.3. The van der Waals surface area contributed by atoms with Gasteiger partial charge in [0.1, 0.15) is 5.75 Å². The van der Waals surface area contributed by atoms with Gasteiger partial charge in [-0.05, 0) is 24.6 Å². The summed E-state index contributed by atoms with van der Waals surface area (Å²) < 4.78 is 5.06. The van der Waals surface area contributed by atoms with E-state index in [1.54, 1.807) is 42.7 Å². The number of benzene rings is 1. The zero-order valence-corrected chi connectivity index (χ0v) is 13.3. The quantitative estimate of drug-likeness (QED) is 0.760. The summed E-state index contributed by atoms with van der Waals surface area (Å²) in [6, 6.07) is 6.73. The number of thiazole rings is 1. The summed E-state index contributed by atoms with van der Waals surface area (Å²) in [6.45, 7) is 2.42. The second kappa shape index (κ2) is 7.77. The lowest BCUT2D eigenvalue weighted by Gasteiger charge is -2.13. The van der Waals surface area contributed by atoms with Gasteiger partial charge in [0.2, 0.25) is 0 Å². The van der Waals surface area contributed by atoms with E-state index in [0.29, 0.717) is 6.54 Å². The molecule has 0 saturated heterocycles. The van der Waals surface area contributed by atoms with E-state index in [4.69, 9.17) is 4.74 Å². The van der Waals surface area contributed by atoms with Gasteiger partial charge in [-0.1, -0.05) is 12.1 Å². The highest BCUT2D eigenvalue weighted by Gasteiger charge is 2.10. The lowest BCUT2D eigenvalue weighted by Crippen LogP contribution is -2.37. The fraction of sp³-hybridized carbons (Fsp3) is 0.333. The number of methoxy groups -OCH3 is 1. The van der Waals surface area contributed by atoms with E-state index in [1.807, 2.05) is 12.3 Å². The molecule has 0 spiro atoms. The van der Waals surface area contributed by atoms with E-state index in [0.717, 1.165) is 22.0 Å². The van der Waals surface area contributed by atoms with Crippen LogP contribution in [-0.2, 0) is 6.54 Å². The van der Waals surface area contributed by atoms with Crippen LogP contribution in [0.1, 0.15) is 22.4 Å². The molecule has 0 aliphatic heterocycles. The van der Waals surface area contributed by atoms with Crippen molar-refractivity contribution in [3.63, 3.8) is 0 Å². The summed E-state index contributed by atoms with van der Waals surface area (Å²) in [4.78, 5) is 15.9. The topological polar surface area (TPSA) is 83.5 Å². The summed E-state index contributed by atoms with van der Waals surface area (Å²) in [7, 11) is 1.58. The second-order valence-electron chi connectivity index (χ2n) is 4.71. The first-order valence-corrected chi connectivity index (χ1v) is 7.71. The molecule has 1 atom stereocenters. The zero-order chi connectivity index (χ0) is 15.9. The molecular weight excluding hydrogens is 302 g/mol. The number of aryl methyl sites for hydroxylation is 1. The number of ether oxygens (including phenoxy) is 1. The third-order valence-corrected chi connectivity index (χ3v) is 3.88. The number of urea groups is 1. The van der Waals surface area contributed by atoms with E-state index in [9.17, 15) is 9.90 Å². The van der Waals surface area contributed by atoms with Crippen LogP contribution in [0.3, 0.4) is 0 Å². The van der Waals surface area contributed by atoms with Gasteiger partial charge in [-0.2, -0.15) is 0 Å². The normalized spacial score (nSPS) is 11.8. The van der Waals surface area contributed by atoms with Crippen molar-refractivity contribution in [2.24, 2.45) is 0 Å². The van der Waals surface area contributed by atoms with Crippen molar-refractivity contribution >= 4 is 17.4 Å². The zero-order valence-electron chi connectivity index (χ0n) is 12.5. The highest BCUT2D eigenvalue weighted by atomic mass is 32.1. The Morgan fingerprint density at radius 2 is 2.09 bits per heavy atom. The predicted molar refractivity (Wildman–Crippen MR) is 85.0 cm³/mol. The molecule has 1 aromatic carbocycles. The fourth-order valence-electron chi connectivity index (χ4n) is 1.86. The number of rotatable bonds is 6. The number of amides is 2. The standard InChI is InChI=1S/C15H19N3O3S/c1-10-18-12(9-22-10)7-16-15(20)17-8-14(19)11-3-5-13(21-2)6-4-11/h3-6,9,14,19H,7-8H2,1-2H3,(H2,16,17,20). The Bertz CT molecular complexity index is 613. The molecule has 0 aliphatic carbocycles. The van der Waals surface area contributed by atoms with E-state index >= 15 is 0 Å². The summed E-state index contributed by atoms with van der Waals surface area (Å²) in [5.74, 6) is 0.722. The minimum atomic E-state index is -0.766. The monoisotopic (exact) mass is 321 g/mol. The van der Waals surface area contributed by atoms with Crippen LogP contribution < -0.4 is 15.4 Å². The summed E-state index contributed by atoms with van der Waals surface area (Å²) in [6.07, 6.45) is -0.766. The molecule has 118 valence electrons. The van der Waals surface area contributed by atoms with Crippen LogP contribution in [0, 0.1) is 6.92 Å². The van der Waals surface area contributed by atoms with Gasteiger partial charge in [0.15, 0.2) is 0 Å². The lowest BCUT2D eigenvalue weighted by molar-refractivity contribution is 0.173. The first-order valence-electron chi connectivity index (χ1n) is 6.83. The van der Waals surface area contributed by atoms with E-state index in [1.165, 1.54) is 0 Å². The average Bonchev–Trinajstić information content (AvgIpc) is 2.96. The van der Waals surface area contributed by atoms with Gasteiger partial charge < -0.3 is 20.5 Å². The van der Waals surface area contributed by atoms with Crippen molar-refractivity contribution in [2.75, 3.05) is 13.7 Å². The van der Waals surface area contributed by atoms with Crippen LogP contribution >= 0.6 is 11.3 Å². The van der Waals surface area contributed by atoms with E-state index in [-0.39, 0.29) is 12.6 Å². The highest BCUT2D eigenvalue weighted by Crippen LogP contribution is 2.16. The summed E-state index contributed by atoms with van der Waals surface area (Å²) in [5, 5.41) is 18.2. The van der Waals surface area contributed by atoms with Gasteiger partial charge >= 0.3 is 6.03 Å². The minimum absolute atomic E-state index is 0.133. The molecule has 2 rings (SSSR count). The van der Waals surface area contributed by atoms with Crippen molar-refractivity contribution in [3.8, 4) is 5.75 Å². The Kier molecular flexibility index (Phi) is 5.74. The van der Waals surface area contributed by atoms with Gasteiger partial charge in [0.05, 0.1) is 30.5 Å². The van der Waals surface area contributed by atoms with Crippen molar-refractivity contribution in [1.29, 1.82) is 0 Å². The maximum atomic E-state index is 11.7.